The molecule has 4 nitrogen and oxygen atoms in total. The highest BCUT2D eigenvalue weighted by molar-refractivity contribution is 5.76. The van der Waals surface area contributed by atoms with Crippen molar-refractivity contribution in [3.63, 3.8) is 0 Å². The predicted molar refractivity (Wildman–Crippen MR) is 106 cm³/mol. The molecule has 27 heavy (non-hydrogen) atoms. The van der Waals surface area contributed by atoms with Crippen LogP contribution in [0.1, 0.15) is 55.1 Å². The highest BCUT2D eigenvalue weighted by atomic mass is 16.5. The van der Waals surface area contributed by atoms with Crippen molar-refractivity contribution in [3.8, 4) is 0 Å². The van der Waals surface area contributed by atoms with E-state index in [0.29, 0.717) is 24.5 Å². The van der Waals surface area contributed by atoms with Gasteiger partial charge in [-0.1, -0.05) is 42.8 Å². The number of piperidine rings is 1. The Labute approximate surface area is 162 Å². The van der Waals surface area contributed by atoms with Crippen molar-refractivity contribution < 1.29 is 9.53 Å². The lowest BCUT2D eigenvalue weighted by atomic mass is 9.79. The van der Waals surface area contributed by atoms with Gasteiger partial charge in [0.25, 0.3) is 0 Å². The van der Waals surface area contributed by atoms with Crippen LogP contribution in [0, 0.1) is 5.92 Å². The molecule has 1 saturated carbocycles. The largest absolute Gasteiger partial charge is 0.373 e. The molecule has 4 aliphatic rings. The summed E-state index contributed by atoms with van der Waals surface area (Å²) in [5.74, 6) is 1.72. The smallest absolute Gasteiger partial charge is 0.320 e. The summed E-state index contributed by atoms with van der Waals surface area (Å²) in [7, 11) is 0. The number of likely N-dealkylation sites (tertiary alicyclic amines) is 2. The quantitative estimate of drug-likeness (QED) is 0.738. The normalized spacial score (nSPS) is 29.1. The van der Waals surface area contributed by atoms with E-state index in [-0.39, 0.29) is 6.03 Å². The third-order valence-corrected chi connectivity index (χ3v) is 7.12. The topological polar surface area (TPSA) is 32.8 Å². The van der Waals surface area contributed by atoms with E-state index in [0.717, 1.165) is 44.9 Å². The Balaban J connectivity index is 1.15. The number of rotatable bonds is 2. The molecular weight excluding hydrogens is 335 g/mol. The Morgan fingerprint density at radius 1 is 0.963 bits per heavy atom. The Kier molecular flexibility index (Phi) is 4.47. The molecule has 4 heteroatoms. The zero-order valence-electron chi connectivity index (χ0n) is 16.1. The van der Waals surface area contributed by atoms with Crippen molar-refractivity contribution >= 4 is 6.03 Å². The molecule has 0 radical (unpaired) electrons. The van der Waals surface area contributed by atoms with Crippen LogP contribution in [0.2, 0.25) is 0 Å². The highest BCUT2D eigenvalue weighted by Gasteiger charge is 2.39. The first-order valence-corrected chi connectivity index (χ1v) is 10.6. The van der Waals surface area contributed by atoms with Crippen molar-refractivity contribution in [2.45, 2.75) is 50.0 Å². The molecule has 0 N–H and O–H groups in total. The molecule has 3 saturated heterocycles. The number of ether oxygens (including phenoxy) is 1. The number of benzene rings is 1. The van der Waals surface area contributed by atoms with Gasteiger partial charge in [-0.3, -0.25) is 0 Å². The predicted octanol–water partition coefficient (Wildman–Crippen LogP) is 4.14. The van der Waals surface area contributed by atoms with Gasteiger partial charge in [0, 0.05) is 38.0 Å². The van der Waals surface area contributed by atoms with Crippen molar-refractivity contribution in [2.24, 2.45) is 5.92 Å². The number of amides is 2. The van der Waals surface area contributed by atoms with E-state index in [1.54, 1.807) is 0 Å². The molecular formula is C23H30N2O2. The standard InChI is InChI=1S/C23H30N2O2/c1-16-11-20-12-24(10-9-22(20)27-15-16)23(26)25-13-21(14-25)19-7-5-18(6-8-19)17-3-2-4-17/h5-8,17,20-22H,1-4,9-15H2/t20-,22+/m1/s1/i23-1. The van der Waals surface area contributed by atoms with Crippen LogP contribution in [0.5, 0.6) is 0 Å². The van der Waals surface area contributed by atoms with Gasteiger partial charge in [-0.15, -0.1) is 0 Å². The monoisotopic (exact) mass is 365 g/mol. The van der Waals surface area contributed by atoms with Crippen LogP contribution < -0.4 is 0 Å². The molecule has 144 valence electrons. The summed E-state index contributed by atoms with van der Waals surface area (Å²) in [4.78, 5) is 16.9. The van der Waals surface area contributed by atoms with Gasteiger partial charge in [0.2, 0.25) is 0 Å². The minimum Gasteiger partial charge on any atom is -0.373 e. The number of hydrogen-bond acceptors (Lipinski definition) is 2. The zero-order chi connectivity index (χ0) is 18.4. The van der Waals surface area contributed by atoms with Crippen LogP contribution in [0.15, 0.2) is 36.4 Å². The lowest BCUT2D eigenvalue weighted by Crippen LogP contribution is -2.57. The average Bonchev–Trinajstić information content (AvgIpc) is 2.59. The lowest BCUT2D eigenvalue weighted by Gasteiger charge is -2.46. The van der Waals surface area contributed by atoms with E-state index in [1.165, 1.54) is 36.0 Å². The number of fused-ring (bicyclic) bond motifs is 1. The molecule has 0 unspecified atom stereocenters. The third-order valence-electron chi connectivity index (χ3n) is 7.12. The van der Waals surface area contributed by atoms with Crippen LogP contribution in [-0.2, 0) is 4.74 Å². The Morgan fingerprint density at radius 3 is 2.33 bits per heavy atom. The van der Waals surface area contributed by atoms with E-state index in [4.69, 9.17) is 4.74 Å². The van der Waals surface area contributed by atoms with Crippen LogP contribution >= 0.6 is 0 Å². The maximum atomic E-state index is 12.9. The molecule has 2 amide bonds. The number of carbonyl (C=O) groups is 1. The molecule has 0 bridgehead atoms. The SMILES string of the molecule is C=C1CO[C@H]2CCN([11C](=O)N3CC(c4ccc(C5CCC5)cc4)C3)C[C@H]2C1. The molecule has 5 rings (SSSR count). The van der Waals surface area contributed by atoms with Gasteiger partial charge >= 0.3 is 6.03 Å². The summed E-state index contributed by atoms with van der Waals surface area (Å²) in [6, 6.07) is 9.41. The molecule has 2 atom stereocenters. The molecule has 3 aliphatic heterocycles. The maximum Gasteiger partial charge on any atom is 0.320 e. The molecule has 1 aliphatic carbocycles. The first kappa shape index (κ1) is 17.3. The van der Waals surface area contributed by atoms with E-state index in [9.17, 15) is 4.79 Å². The molecule has 3 heterocycles. The summed E-state index contributed by atoms with van der Waals surface area (Å²) >= 11 is 0. The number of hydrogen-bond donors (Lipinski definition) is 0. The Hall–Kier alpha value is -1.81. The Morgan fingerprint density at radius 2 is 1.67 bits per heavy atom. The van der Waals surface area contributed by atoms with Gasteiger partial charge in [-0.25, -0.2) is 4.79 Å². The first-order chi connectivity index (χ1) is 13.2. The summed E-state index contributed by atoms with van der Waals surface area (Å²) in [6.45, 7) is 8.12. The average molecular weight is 366 g/mol. The van der Waals surface area contributed by atoms with Crippen molar-refractivity contribution in [1.29, 1.82) is 0 Å². The van der Waals surface area contributed by atoms with Gasteiger partial charge in [0.1, 0.15) is 0 Å². The van der Waals surface area contributed by atoms with Crippen molar-refractivity contribution in [1.82, 2.24) is 9.80 Å². The van der Waals surface area contributed by atoms with Gasteiger partial charge in [0.05, 0.1) is 12.7 Å². The van der Waals surface area contributed by atoms with Gasteiger partial charge in [-0.2, -0.15) is 0 Å². The summed E-state index contributed by atoms with van der Waals surface area (Å²) in [5, 5.41) is 0. The second-order valence-electron chi connectivity index (χ2n) is 8.98. The first-order valence-electron chi connectivity index (χ1n) is 10.6. The maximum absolute atomic E-state index is 12.9. The van der Waals surface area contributed by atoms with Crippen LogP contribution in [-0.4, -0.2) is 54.7 Å². The van der Waals surface area contributed by atoms with Crippen LogP contribution in [0.3, 0.4) is 0 Å². The van der Waals surface area contributed by atoms with E-state index in [2.05, 4.69) is 30.8 Å². The second kappa shape index (κ2) is 6.97. The minimum absolute atomic E-state index is 0.215. The fraction of sp³-hybridized carbons (Fsp3) is 0.609. The molecule has 1 aromatic rings. The third kappa shape index (κ3) is 3.29. The van der Waals surface area contributed by atoms with Crippen LogP contribution in [0.25, 0.3) is 0 Å². The lowest BCUT2D eigenvalue weighted by molar-refractivity contribution is -0.0407. The molecule has 0 spiro atoms. The zero-order valence-corrected chi connectivity index (χ0v) is 16.1. The highest BCUT2D eigenvalue weighted by Crippen LogP contribution is 2.37. The van der Waals surface area contributed by atoms with E-state index < -0.39 is 0 Å². The second-order valence-corrected chi connectivity index (χ2v) is 8.98. The fourth-order valence-corrected chi connectivity index (χ4v) is 5.08. The fourth-order valence-electron chi connectivity index (χ4n) is 5.08. The van der Waals surface area contributed by atoms with Gasteiger partial charge in [0.15, 0.2) is 0 Å². The number of urea groups is 1. The van der Waals surface area contributed by atoms with Gasteiger partial charge in [-0.05, 0) is 42.7 Å². The van der Waals surface area contributed by atoms with Crippen molar-refractivity contribution in [3.05, 3.63) is 47.5 Å². The summed E-state index contributed by atoms with van der Waals surface area (Å²) in [5.41, 5.74) is 4.05. The molecule has 1 aromatic carbocycles. The van der Waals surface area contributed by atoms with Crippen molar-refractivity contribution in [2.75, 3.05) is 32.8 Å². The molecule has 0 aromatic heterocycles. The minimum atomic E-state index is 0.215. The van der Waals surface area contributed by atoms with E-state index >= 15 is 0 Å². The van der Waals surface area contributed by atoms with E-state index in [1.807, 2.05) is 9.80 Å². The summed E-state index contributed by atoms with van der Waals surface area (Å²) < 4.78 is 5.89. The number of carbonyl (C=O) groups excluding carboxylic acids is 1. The van der Waals surface area contributed by atoms with Crippen LogP contribution in [0.4, 0.5) is 4.79 Å². The summed E-state index contributed by atoms with van der Waals surface area (Å²) in [6.07, 6.45) is 6.36. The molecule has 4 fully saturated rings. The van der Waals surface area contributed by atoms with Gasteiger partial charge < -0.3 is 14.5 Å². The number of nitrogens with zero attached hydrogens (tertiary/aromatic N) is 2. The Bertz CT molecular complexity index is 718.